The Balaban J connectivity index is 1.03. The summed E-state index contributed by atoms with van der Waals surface area (Å²) in [5.74, 6) is 1.86. The van der Waals surface area contributed by atoms with E-state index in [2.05, 4.69) is 173 Å². The van der Waals surface area contributed by atoms with E-state index in [0.717, 1.165) is 38.5 Å². The van der Waals surface area contributed by atoms with Crippen LogP contribution in [-0.2, 0) is 0 Å². The summed E-state index contributed by atoms with van der Waals surface area (Å²) < 4.78 is 7.34. The third kappa shape index (κ3) is 5.01. The fraction of sp³-hybridized carbons (Fsp3) is 0. The van der Waals surface area contributed by atoms with Crippen molar-refractivity contribution in [3.63, 3.8) is 0 Å². The molecule has 0 radical (unpaired) electrons. The average Bonchev–Trinajstić information content (AvgIpc) is 4.02. The summed E-state index contributed by atoms with van der Waals surface area (Å²) in [6.45, 7) is 0. The second-order valence-electron chi connectivity index (χ2n) is 16.3. The number of fused-ring (bicyclic) bond motifs is 11. The molecular weight excluding hydrogens is 787 g/mol. The van der Waals surface area contributed by atoms with Gasteiger partial charge in [0.15, 0.2) is 11.6 Å². The lowest BCUT2D eigenvalue weighted by Gasteiger charge is -2.11. The number of para-hydroxylation sites is 2. The van der Waals surface area contributed by atoms with Gasteiger partial charge in [-0.2, -0.15) is 9.97 Å². The Hall–Kier alpha value is -8.19. The predicted octanol–water partition coefficient (Wildman–Crippen LogP) is 15.2. The van der Waals surface area contributed by atoms with Gasteiger partial charge in [0.05, 0.1) is 27.6 Å². The highest BCUT2D eigenvalue weighted by atomic mass is 32.1. The van der Waals surface area contributed by atoms with Crippen LogP contribution in [0.5, 0.6) is 0 Å². The van der Waals surface area contributed by atoms with Crippen LogP contribution in [0.4, 0.5) is 0 Å². The molecule has 5 aromatic heterocycles. The average molecular weight is 820 g/mol. The van der Waals surface area contributed by atoms with Crippen LogP contribution in [0, 0.1) is 0 Å². The summed E-state index contributed by atoms with van der Waals surface area (Å²) in [4.78, 5) is 15.3. The molecular formula is C57H33N5S. The molecule has 14 aromatic rings. The molecule has 0 aliphatic heterocycles. The van der Waals surface area contributed by atoms with Gasteiger partial charge in [-0.25, -0.2) is 4.98 Å². The zero-order chi connectivity index (χ0) is 41.2. The maximum atomic E-state index is 5.15. The minimum atomic E-state index is 0.586. The van der Waals surface area contributed by atoms with Crippen molar-refractivity contribution in [2.75, 3.05) is 0 Å². The van der Waals surface area contributed by atoms with Gasteiger partial charge >= 0.3 is 0 Å². The van der Waals surface area contributed by atoms with Crippen LogP contribution < -0.4 is 0 Å². The van der Waals surface area contributed by atoms with E-state index in [1.54, 1.807) is 0 Å². The molecule has 0 amide bonds. The van der Waals surface area contributed by atoms with Gasteiger partial charge in [-0.15, -0.1) is 11.3 Å². The van der Waals surface area contributed by atoms with Gasteiger partial charge in [0.25, 0.3) is 0 Å². The molecule has 0 saturated carbocycles. The lowest BCUT2D eigenvalue weighted by atomic mass is 9.99. The van der Waals surface area contributed by atoms with Crippen LogP contribution in [0.2, 0.25) is 0 Å². The first kappa shape index (κ1) is 34.5. The van der Waals surface area contributed by atoms with Gasteiger partial charge in [-0.3, -0.25) is 4.57 Å². The molecule has 6 heteroatoms. The second-order valence-corrected chi connectivity index (χ2v) is 17.4. The molecule has 5 nitrogen and oxygen atoms in total. The van der Waals surface area contributed by atoms with E-state index in [-0.39, 0.29) is 0 Å². The van der Waals surface area contributed by atoms with Gasteiger partial charge < -0.3 is 4.40 Å². The first-order chi connectivity index (χ1) is 31.2. The molecule has 0 atom stereocenters. The van der Waals surface area contributed by atoms with Gasteiger partial charge in [-0.1, -0.05) is 152 Å². The highest BCUT2D eigenvalue weighted by molar-refractivity contribution is 7.26. The minimum absolute atomic E-state index is 0.586. The van der Waals surface area contributed by atoms with E-state index in [0.29, 0.717) is 17.6 Å². The van der Waals surface area contributed by atoms with Crippen LogP contribution in [0.25, 0.3) is 131 Å². The SMILES string of the molecule is c1ccc(-c2nc(-c3ccccc3)nc(-n3c4ccccc4c4cc(-c5ccc6c(c5)c5ccc7sc8cccc9c%10ccccc%10c%10ccccc%10n6c5c7c89)ccc43)n2)cc1. The maximum absolute atomic E-state index is 5.15. The maximum Gasteiger partial charge on any atom is 0.238 e. The molecule has 5 heterocycles. The van der Waals surface area contributed by atoms with Crippen molar-refractivity contribution in [2.24, 2.45) is 0 Å². The molecule has 0 bridgehead atoms. The number of hydrogen-bond acceptors (Lipinski definition) is 4. The summed E-state index contributed by atoms with van der Waals surface area (Å²) in [5, 5.41) is 12.5. The van der Waals surface area contributed by atoms with Crippen molar-refractivity contribution >= 4 is 102 Å². The molecule has 14 rings (SSSR count). The summed E-state index contributed by atoms with van der Waals surface area (Å²) in [5.41, 5.74) is 9.93. The number of thiophene rings is 1. The molecule has 0 saturated heterocycles. The zero-order valence-electron chi connectivity index (χ0n) is 33.7. The smallest absolute Gasteiger partial charge is 0.238 e. The summed E-state index contributed by atoms with van der Waals surface area (Å²) in [7, 11) is 0. The van der Waals surface area contributed by atoms with E-state index >= 15 is 0 Å². The molecule has 0 spiro atoms. The molecule has 0 N–H and O–H groups in total. The van der Waals surface area contributed by atoms with Gasteiger partial charge in [0.2, 0.25) is 5.95 Å². The third-order valence-corrected chi connectivity index (χ3v) is 14.1. The summed E-state index contributed by atoms with van der Waals surface area (Å²) >= 11 is 1.89. The first-order valence-corrected chi connectivity index (χ1v) is 22.1. The molecule has 63 heavy (non-hydrogen) atoms. The first-order valence-electron chi connectivity index (χ1n) is 21.3. The van der Waals surface area contributed by atoms with E-state index < -0.39 is 0 Å². The predicted molar refractivity (Wildman–Crippen MR) is 264 cm³/mol. The zero-order valence-corrected chi connectivity index (χ0v) is 34.5. The number of aromatic nitrogens is 5. The second kappa shape index (κ2) is 13.2. The van der Waals surface area contributed by atoms with Crippen LogP contribution in [0.3, 0.4) is 0 Å². The Labute approximate surface area is 364 Å². The van der Waals surface area contributed by atoms with Crippen molar-refractivity contribution in [1.29, 1.82) is 0 Å². The topological polar surface area (TPSA) is 48.0 Å². The van der Waals surface area contributed by atoms with Crippen LogP contribution in [-0.4, -0.2) is 23.9 Å². The van der Waals surface area contributed by atoms with Crippen molar-refractivity contribution in [2.45, 2.75) is 0 Å². The molecule has 0 aliphatic carbocycles. The van der Waals surface area contributed by atoms with Crippen LogP contribution in [0.15, 0.2) is 200 Å². The van der Waals surface area contributed by atoms with Crippen LogP contribution in [0.1, 0.15) is 0 Å². The molecule has 9 aromatic carbocycles. The largest absolute Gasteiger partial charge is 0.308 e. The van der Waals surface area contributed by atoms with E-state index in [4.69, 9.17) is 15.0 Å². The Morgan fingerprint density at radius 2 is 0.825 bits per heavy atom. The molecule has 0 fully saturated rings. The number of hydrogen-bond donors (Lipinski definition) is 0. The molecule has 292 valence electrons. The van der Waals surface area contributed by atoms with Crippen molar-refractivity contribution in [1.82, 2.24) is 23.9 Å². The number of benzene rings is 9. The fourth-order valence-corrected chi connectivity index (χ4v) is 11.3. The summed E-state index contributed by atoms with van der Waals surface area (Å²) in [6.07, 6.45) is 0. The van der Waals surface area contributed by atoms with Gasteiger partial charge in [0, 0.05) is 58.2 Å². The van der Waals surface area contributed by atoms with Crippen molar-refractivity contribution in [3.05, 3.63) is 200 Å². The summed E-state index contributed by atoms with van der Waals surface area (Å²) in [6, 6.07) is 72.1. The van der Waals surface area contributed by atoms with Gasteiger partial charge in [-0.05, 0) is 75.8 Å². The monoisotopic (exact) mass is 819 g/mol. The Morgan fingerprint density at radius 3 is 1.52 bits per heavy atom. The minimum Gasteiger partial charge on any atom is -0.308 e. The lowest BCUT2D eigenvalue weighted by Crippen LogP contribution is -2.06. The quantitative estimate of drug-likeness (QED) is 0.178. The Bertz CT molecular complexity index is 4130. The van der Waals surface area contributed by atoms with E-state index in [9.17, 15) is 0 Å². The Morgan fingerprint density at radius 1 is 0.317 bits per heavy atom. The highest BCUT2D eigenvalue weighted by Crippen LogP contribution is 2.46. The Kier molecular flexibility index (Phi) is 7.21. The fourth-order valence-electron chi connectivity index (χ4n) is 10.2. The van der Waals surface area contributed by atoms with Crippen molar-refractivity contribution < 1.29 is 0 Å². The van der Waals surface area contributed by atoms with Crippen LogP contribution >= 0.6 is 11.3 Å². The normalized spacial score (nSPS) is 12.1. The highest BCUT2D eigenvalue weighted by Gasteiger charge is 2.22. The van der Waals surface area contributed by atoms with Gasteiger partial charge in [0.1, 0.15) is 0 Å². The van der Waals surface area contributed by atoms with E-state index in [1.165, 1.54) is 74.6 Å². The standard InChI is InChI=1S/C57H33N5S/c1-3-14-34(15-4-1)55-58-56(35-16-5-2-6-17-35)60-57(59-55)62-47-24-12-10-21-41(47)44-32-36(27-30-49(44)62)37-26-29-48-45(33-37)43-28-31-51-53-52-42(22-13-25-50(52)63-51)39-19-8-7-18-38(39)40-20-9-11-23-46(40)61(48)54(43)53/h1-33H. The molecule has 0 aliphatic rings. The van der Waals surface area contributed by atoms with Crippen molar-refractivity contribution in [3.8, 4) is 39.9 Å². The number of rotatable bonds is 4. The number of nitrogens with zero attached hydrogens (tertiary/aromatic N) is 5. The lowest BCUT2D eigenvalue weighted by molar-refractivity contribution is 0.953. The third-order valence-electron chi connectivity index (χ3n) is 12.9. The molecule has 0 unspecified atom stereocenters. The van der Waals surface area contributed by atoms with E-state index in [1.807, 2.05) is 47.7 Å².